The molecule has 0 atom stereocenters. The van der Waals surface area contributed by atoms with E-state index in [2.05, 4.69) is 4.90 Å². The summed E-state index contributed by atoms with van der Waals surface area (Å²) in [5.74, 6) is -0.277. The summed E-state index contributed by atoms with van der Waals surface area (Å²) in [7, 11) is 0. The zero-order valence-corrected chi connectivity index (χ0v) is 22.3. The van der Waals surface area contributed by atoms with Crippen molar-refractivity contribution in [3.8, 4) is 5.75 Å². The lowest BCUT2D eigenvalue weighted by molar-refractivity contribution is -0.137. The number of benzene rings is 2. The Morgan fingerprint density at radius 2 is 1.51 bits per heavy atom. The minimum Gasteiger partial charge on any atom is -0.484 e. The number of nitrogens with zero attached hydrogens (tertiary/aromatic N) is 4. The normalized spacial score (nSPS) is 19.1. The molecule has 2 aromatic carbocycles. The molecule has 11 heteroatoms. The Kier molecular flexibility index (Phi) is 8.48. The molecular formula is C28H30N4O6S. The van der Waals surface area contributed by atoms with Gasteiger partial charge < -0.3 is 24.2 Å². The molecule has 3 aliphatic rings. The first kappa shape index (κ1) is 26.8. The predicted octanol–water partition coefficient (Wildman–Crippen LogP) is 2.31. The number of imide groups is 1. The van der Waals surface area contributed by atoms with Gasteiger partial charge in [0.05, 0.1) is 18.1 Å². The van der Waals surface area contributed by atoms with E-state index in [9.17, 15) is 19.2 Å². The standard InChI is InChI=1S/C28H30N4O6S/c33-25(30-12-10-29(11-13-30)22-4-2-1-3-5-22)19-32-27(35)24(39-28(32)36)18-21-6-8-23(9-7-21)38-20-26(34)31-14-16-37-17-15-31/h1-9,18H,10-17,19-20H2/b24-18+. The van der Waals surface area contributed by atoms with E-state index in [1.807, 2.05) is 30.3 Å². The highest BCUT2D eigenvalue weighted by Gasteiger charge is 2.37. The van der Waals surface area contributed by atoms with Gasteiger partial charge in [-0.25, -0.2) is 0 Å². The predicted molar refractivity (Wildman–Crippen MR) is 147 cm³/mol. The summed E-state index contributed by atoms with van der Waals surface area (Å²) in [6, 6.07) is 16.9. The maximum absolute atomic E-state index is 12.9. The van der Waals surface area contributed by atoms with Gasteiger partial charge in [0, 0.05) is 45.0 Å². The number of hydrogen-bond donors (Lipinski definition) is 0. The number of para-hydroxylation sites is 1. The van der Waals surface area contributed by atoms with Crippen molar-refractivity contribution in [3.63, 3.8) is 0 Å². The Bertz CT molecular complexity index is 1240. The van der Waals surface area contributed by atoms with Crippen LogP contribution in [0.15, 0.2) is 59.5 Å². The van der Waals surface area contributed by atoms with Crippen molar-refractivity contribution >= 4 is 46.5 Å². The summed E-state index contributed by atoms with van der Waals surface area (Å²) < 4.78 is 10.9. The number of thioether (sulfide) groups is 1. The molecule has 3 fully saturated rings. The van der Waals surface area contributed by atoms with Crippen LogP contribution in [0.25, 0.3) is 6.08 Å². The van der Waals surface area contributed by atoms with Gasteiger partial charge in [0.2, 0.25) is 5.91 Å². The third-order valence-corrected chi connectivity index (χ3v) is 7.73. The minimum absolute atomic E-state index is 0.0619. The van der Waals surface area contributed by atoms with E-state index in [1.165, 1.54) is 0 Å². The lowest BCUT2D eigenvalue weighted by Crippen LogP contribution is -2.51. The number of morpholine rings is 1. The fourth-order valence-electron chi connectivity index (χ4n) is 4.59. The molecule has 4 amide bonds. The molecule has 3 saturated heterocycles. The van der Waals surface area contributed by atoms with Gasteiger partial charge in [-0.15, -0.1) is 0 Å². The van der Waals surface area contributed by atoms with E-state index in [-0.39, 0.29) is 29.9 Å². The molecule has 0 radical (unpaired) electrons. The zero-order chi connectivity index (χ0) is 27.2. The van der Waals surface area contributed by atoms with E-state index in [0.717, 1.165) is 22.3 Å². The van der Waals surface area contributed by atoms with E-state index in [4.69, 9.17) is 9.47 Å². The molecule has 0 aromatic heterocycles. The van der Waals surface area contributed by atoms with Crippen molar-refractivity contribution in [1.29, 1.82) is 0 Å². The summed E-state index contributed by atoms with van der Waals surface area (Å²) >= 11 is 0.825. The van der Waals surface area contributed by atoms with Crippen LogP contribution >= 0.6 is 11.8 Å². The minimum atomic E-state index is -0.474. The van der Waals surface area contributed by atoms with E-state index in [1.54, 1.807) is 40.1 Å². The molecule has 0 spiro atoms. The molecule has 0 aliphatic carbocycles. The summed E-state index contributed by atoms with van der Waals surface area (Å²) in [4.78, 5) is 57.5. The van der Waals surface area contributed by atoms with Gasteiger partial charge in [0.15, 0.2) is 6.61 Å². The van der Waals surface area contributed by atoms with Crippen molar-refractivity contribution in [2.24, 2.45) is 0 Å². The zero-order valence-electron chi connectivity index (χ0n) is 21.5. The van der Waals surface area contributed by atoms with Gasteiger partial charge in [-0.1, -0.05) is 30.3 Å². The molecular weight excluding hydrogens is 520 g/mol. The van der Waals surface area contributed by atoms with E-state index in [0.29, 0.717) is 63.8 Å². The Balaban J connectivity index is 1.12. The number of anilines is 1. The molecule has 0 unspecified atom stereocenters. The van der Waals surface area contributed by atoms with Crippen LogP contribution in [0.2, 0.25) is 0 Å². The van der Waals surface area contributed by atoms with Crippen LogP contribution in [-0.2, 0) is 19.1 Å². The maximum Gasteiger partial charge on any atom is 0.294 e. The quantitative estimate of drug-likeness (QED) is 0.485. The van der Waals surface area contributed by atoms with Crippen LogP contribution in [0.5, 0.6) is 5.75 Å². The average molecular weight is 551 g/mol. The Hall–Kier alpha value is -3.83. The summed E-state index contributed by atoms with van der Waals surface area (Å²) in [6.07, 6.45) is 1.62. The number of ether oxygens (including phenoxy) is 2. The van der Waals surface area contributed by atoms with Crippen molar-refractivity contribution in [3.05, 3.63) is 65.1 Å². The number of piperazine rings is 1. The van der Waals surface area contributed by atoms with Gasteiger partial charge in [-0.05, 0) is 47.7 Å². The number of carbonyl (C=O) groups excluding carboxylic acids is 4. The second-order valence-corrected chi connectivity index (χ2v) is 10.3. The fraction of sp³-hybridized carbons (Fsp3) is 0.357. The van der Waals surface area contributed by atoms with Gasteiger partial charge in [-0.3, -0.25) is 24.1 Å². The SMILES string of the molecule is O=C(COc1ccc(/C=C2/SC(=O)N(CC(=O)N3CCN(c4ccccc4)CC3)C2=O)cc1)N1CCOCC1. The lowest BCUT2D eigenvalue weighted by Gasteiger charge is -2.36. The molecule has 5 rings (SSSR count). The highest BCUT2D eigenvalue weighted by Crippen LogP contribution is 2.32. The second kappa shape index (κ2) is 12.4. The smallest absolute Gasteiger partial charge is 0.294 e. The molecule has 0 bridgehead atoms. The Morgan fingerprint density at radius 1 is 0.846 bits per heavy atom. The van der Waals surface area contributed by atoms with Crippen LogP contribution in [0.3, 0.4) is 0 Å². The summed E-state index contributed by atoms with van der Waals surface area (Å²) in [5, 5.41) is -0.455. The monoisotopic (exact) mass is 550 g/mol. The number of carbonyl (C=O) groups is 4. The third-order valence-electron chi connectivity index (χ3n) is 6.82. The fourth-order valence-corrected chi connectivity index (χ4v) is 5.42. The topological polar surface area (TPSA) is 99.7 Å². The van der Waals surface area contributed by atoms with Crippen LogP contribution in [0.4, 0.5) is 10.5 Å². The highest BCUT2D eigenvalue weighted by atomic mass is 32.2. The highest BCUT2D eigenvalue weighted by molar-refractivity contribution is 8.18. The van der Waals surface area contributed by atoms with Crippen molar-refractivity contribution in [2.75, 3.05) is 70.5 Å². The van der Waals surface area contributed by atoms with Crippen LogP contribution < -0.4 is 9.64 Å². The molecule has 3 aliphatic heterocycles. The van der Waals surface area contributed by atoms with Crippen LogP contribution in [0, 0.1) is 0 Å². The average Bonchev–Trinajstić information content (AvgIpc) is 3.24. The first-order chi connectivity index (χ1) is 19.0. The number of rotatable bonds is 7. The Morgan fingerprint density at radius 3 is 2.21 bits per heavy atom. The largest absolute Gasteiger partial charge is 0.484 e. The molecule has 0 N–H and O–H groups in total. The molecule has 0 saturated carbocycles. The van der Waals surface area contributed by atoms with Crippen molar-refractivity contribution in [1.82, 2.24) is 14.7 Å². The van der Waals surface area contributed by atoms with E-state index >= 15 is 0 Å². The van der Waals surface area contributed by atoms with E-state index < -0.39 is 11.1 Å². The lowest BCUT2D eigenvalue weighted by atomic mass is 10.2. The van der Waals surface area contributed by atoms with Gasteiger partial charge in [0.25, 0.3) is 17.1 Å². The maximum atomic E-state index is 12.9. The molecule has 39 heavy (non-hydrogen) atoms. The van der Waals surface area contributed by atoms with Gasteiger partial charge in [-0.2, -0.15) is 0 Å². The second-order valence-electron chi connectivity index (χ2n) is 9.32. The van der Waals surface area contributed by atoms with Crippen LogP contribution in [-0.4, -0.2) is 103 Å². The summed E-state index contributed by atoms with van der Waals surface area (Å²) in [5.41, 5.74) is 1.82. The van der Waals surface area contributed by atoms with Gasteiger partial charge in [0.1, 0.15) is 12.3 Å². The first-order valence-corrected chi connectivity index (χ1v) is 13.7. The number of hydrogen-bond acceptors (Lipinski definition) is 8. The van der Waals surface area contributed by atoms with Crippen molar-refractivity contribution in [2.45, 2.75) is 0 Å². The van der Waals surface area contributed by atoms with Crippen LogP contribution in [0.1, 0.15) is 5.56 Å². The molecule has 3 heterocycles. The summed E-state index contributed by atoms with van der Waals surface area (Å²) in [6.45, 7) is 4.32. The molecule has 204 valence electrons. The van der Waals surface area contributed by atoms with Crippen molar-refractivity contribution < 1.29 is 28.7 Å². The number of amides is 4. The first-order valence-electron chi connectivity index (χ1n) is 12.9. The Labute approximate surface area is 231 Å². The van der Waals surface area contributed by atoms with Gasteiger partial charge >= 0.3 is 0 Å². The molecule has 2 aromatic rings. The third kappa shape index (κ3) is 6.61. The molecule has 10 nitrogen and oxygen atoms in total.